The highest BCUT2D eigenvalue weighted by atomic mass is 16.4. The number of carbonyl (C=O) groups is 2. The number of carboxylic acids is 2. The summed E-state index contributed by atoms with van der Waals surface area (Å²) in [6.45, 7) is 0. The molecule has 0 aliphatic carbocycles. The lowest BCUT2D eigenvalue weighted by molar-refractivity contribution is -0.137. The van der Waals surface area contributed by atoms with Gasteiger partial charge < -0.3 is 10.2 Å². The highest BCUT2D eigenvalue weighted by Gasteiger charge is 1.92. The molecule has 4 nitrogen and oxygen atoms in total. The number of carboxylic acid groups (broad SMARTS) is 2. The molecule has 0 saturated heterocycles. The molecule has 0 aromatic rings. The topological polar surface area (TPSA) is 74.6 Å². The summed E-state index contributed by atoms with van der Waals surface area (Å²) in [4.78, 5) is 20.3. The molecular formula is C12H18O4. The predicted octanol–water partition coefficient (Wildman–Crippen LogP) is 2.61. The molecular weight excluding hydrogens is 208 g/mol. The Labute approximate surface area is 95.3 Å². The molecule has 0 atom stereocenters. The maximum atomic E-state index is 10.2. The maximum absolute atomic E-state index is 10.2. The summed E-state index contributed by atoms with van der Waals surface area (Å²) in [5.74, 6) is -1.56. The van der Waals surface area contributed by atoms with E-state index in [0.29, 0.717) is 12.8 Å². The normalized spacial score (nSPS) is 11.2. The third-order valence-corrected chi connectivity index (χ3v) is 1.88. The Morgan fingerprint density at radius 1 is 0.688 bits per heavy atom. The van der Waals surface area contributed by atoms with E-state index in [4.69, 9.17) is 10.2 Å². The molecule has 0 heterocycles. The smallest absolute Gasteiger partial charge is 0.303 e. The number of allylic oxidation sites excluding steroid dienone is 4. The molecule has 0 unspecified atom stereocenters. The van der Waals surface area contributed by atoms with Crippen molar-refractivity contribution < 1.29 is 19.8 Å². The molecule has 0 amide bonds. The molecule has 0 spiro atoms. The van der Waals surface area contributed by atoms with Crippen molar-refractivity contribution in [1.29, 1.82) is 0 Å². The van der Waals surface area contributed by atoms with Crippen LogP contribution in [-0.2, 0) is 9.59 Å². The lowest BCUT2D eigenvalue weighted by atomic mass is 10.2. The summed E-state index contributed by atoms with van der Waals surface area (Å²) in [6, 6.07) is 0. The standard InChI is InChI=1S/C12H18O4/c13-11(14)9-7-5-3-1-2-4-6-8-10-12(15)16/h3-6H,1-2,7-10H2,(H,13,14)(H,15,16)/b5-3+,6-4+. The Balaban J connectivity index is 3.31. The van der Waals surface area contributed by atoms with E-state index in [1.807, 2.05) is 24.3 Å². The van der Waals surface area contributed by atoms with Crippen LogP contribution in [0.3, 0.4) is 0 Å². The van der Waals surface area contributed by atoms with Crippen LogP contribution in [-0.4, -0.2) is 22.2 Å². The molecule has 0 aromatic carbocycles. The average Bonchev–Trinajstić information content (AvgIpc) is 2.20. The van der Waals surface area contributed by atoms with Crippen molar-refractivity contribution in [2.24, 2.45) is 0 Å². The van der Waals surface area contributed by atoms with E-state index in [1.54, 1.807) is 0 Å². The van der Waals surface area contributed by atoms with Gasteiger partial charge in [0.05, 0.1) is 0 Å². The largest absolute Gasteiger partial charge is 0.481 e. The molecule has 0 aliphatic rings. The first-order valence-corrected chi connectivity index (χ1v) is 5.36. The number of rotatable bonds is 9. The second kappa shape index (κ2) is 9.96. The fraction of sp³-hybridized carbons (Fsp3) is 0.500. The van der Waals surface area contributed by atoms with Gasteiger partial charge in [-0.2, -0.15) is 0 Å². The van der Waals surface area contributed by atoms with Gasteiger partial charge in [0.25, 0.3) is 0 Å². The van der Waals surface area contributed by atoms with E-state index in [1.165, 1.54) is 0 Å². The van der Waals surface area contributed by atoms with E-state index in [2.05, 4.69) is 0 Å². The van der Waals surface area contributed by atoms with Crippen LogP contribution in [0, 0.1) is 0 Å². The zero-order chi connectivity index (χ0) is 12.2. The molecule has 2 N–H and O–H groups in total. The van der Waals surface area contributed by atoms with Crippen molar-refractivity contribution in [1.82, 2.24) is 0 Å². The van der Waals surface area contributed by atoms with Crippen molar-refractivity contribution in [3.8, 4) is 0 Å². The van der Waals surface area contributed by atoms with Crippen molar-refractivity contribution in [3.05, 3.63) is 24.3 Å². The number of unbranched alkanes of at least 4 members (excludes halogenated alkanes) is 1. The lowest BCUT2D eigenvalue weighted by Crippen LogP contribution is -1.91. The van der Waals surface area contributed by atoms with Gasteiger partial charge in [0.1, 0.15) is 0 Å². The van der Waals surface area contributed by atoms with Crippen LogP contribution in [0.15, 0.2) is 24.3 Å². The Hall–Kier alpha value is -1.58. The number of hydrogen-bond donors (Lipinski definition) is 2. The third-order valence-electron chi connectivity index (χ3n) is 1.88. The first kappa shape index (κ1) is 14.4. The van der Waals surface area contributed by atoms with E-state index in [0.717, 1.165) is 12.8 Å². The Bertz CT molecular complexity index is 238. The van der Waals surface area contributed by atoms with Crippen molar-refractivity contribution in [2.75, 3.05) is 0 Å². The van der Waals surface area contributed by atoms with Gasteiger partial charge in [0.15, 0.2) is 0 Å². The Morgan fingerprint density at radius 3 is 1.31 bits per heavy atom. The third kappa shape index (κ3) is 12.4. The fourth-order valence-corrected chi connectivity index (χ4v) is 1.08. The zero-order valence-corrected chi connectivity index (χ0v) is 9.26. The number of aliphatic carboxylic acids is 2. The lowest BCUT2D eigenvalue weighted by Gasteiger charge is -1.89. The highest BCUT2D eigenvalue weighted by Crippen LogP contribution is 1.98. The molecule has 0 rings (SSSR count). The maximum Gasteiger partial charge on any atom is 0.303 e. The highest BCUT2D eigenvalue weighted by molar-refractivity contribution is 5.67. The molecule has 0 bridgehead atoms. The molecule has 0 aliphatic heterocycles. The molecule has 0 saturated carbocycles. The Morgan fingerprint density at radius 2 is 1.00 bits per heavy atom. The van der Waals surface area contributed by atoms with Crippen LogP contribution in [0.2, 0.25) is 0 Å². The monoisotopic (exact) mass is 226 g/mol. The summed E-state index contributed by atoms with van der Waals surface area (Å²) < 4.78 is 0. The van der Waals surface area contributed by atoms with Crippen molar-refractivity contribution >= 4 is 11.9 Å². The zero-order valence-electron chi connectivity index (χ0n) is 9.26. The van der Waals surface area contributed by atoms with Crippen molar-refractivity contribution in [3.63, 3.8) is 0 Å². The van der Waals surface area contributed by atoms with Crippen molar-refractivity contribution in [2.45, 2.75) is 38.5 Å². The molecule has 4 heteroatoms. The number of hydrogen-bond acceptors (Lipinski definition) is 2. The minimum Gasteiger partial charge on any atom is -0.481 e. The van der Waals surface area contributed by atoms with E-state index in [9.17, 15) is 9.59 Å². The molecule has 16 heavy (non-hydrogen) atoms. The van der Waals surface area contributed by atoms with E-state index >= 15 is 0 Å². The van der Waals surface area contributed by atoms with Gasteiger partial charge in [-0.05, 0) is 25.7 Å². The van der Waals surface area contributed by atoms with Crippen LogP contribution < -0.4 is 0 Å². The SMILES string of the molecule is O=C(O)CC/C=C/CC/C=C/CCC(=O)O. The summed E-state index contributed by atoms with van der Waals surface area (Å²) in [6.07, 6.45) is 10.8. The van der Waals surface area contributed by atoms with Crippen LogP contribution >= 0.6 is 0 Å². The van der Waals surface area contributed by atoms with Gasteiger partial charge >= 0.3 is 11.9 Å². The van der Waals surface area contributed by atoms with Gasteiger partial charge in [-0.15, -0.1) is 0 Å². The van der Waals surface area contributed by atoms with Gasteiger partial charge in [0, 0.05) is 12.8 Å². The van der Waals surface area contributed by atoms with E-state index in [-0.39, 0.29) is 12.8 Å². The first-order valence-electron chi connectivity index (χ1n) is 5.36. The van der Waals surface area contributed by atoms with Gasteiger partial charge in [-0.3, -0.25) is 9.59 Å². The quantitative estimate of drug-likeness (QED) is 0.468. The second-order valence-electron chi connectivity index (χ2n) is 3.38. The summed E-state index contributed by atoms with van der Waals surface area (Å²) in [5.41, 5.74) is 0. The van der Waals surface area contributed by atoms with Crippen LogP contribution in [0.25, 0.3) is 0 Å². The first-order chi connectivity index (χ1) is 7.63. The van der Waals surface area contributed by atoms with Gasteiger partial charge in [-0.25, -0.2) is 0 Å². The minimum atomic E-state index is -0.779. The predicted molar refractivity (Wildman–Crippen MR) is 61.3 cm³/mol. The molecule has 0 fully saturated rings. The molecule has 90 valence electrons. The Kier molecular flexibility index (Phi) is 8.97. The van der Waals surface area contributed by atoms with Crippen LogP contribution in [0.1, 0.15) is 38.5 Å². The summed E-state index contributed by atoms with van der Waals surface area (Å²) in [5, 5.41) is 16.7. The average molecular weight is 226 g/mol. The molecule has 0 aromatic heterocycles. The fourth-order valence-electron chi connectivity index (χ4n) is 1.08. The summed E-state index contributed by atoms with van der Waals surface area (Å²) in [7, 11) is 0. The second-order valence-corrected chi connectivity index (χ2v) is 3.38. The molecule has 0 radical (unpaired) electrons. The minimum absolute atomic E-state index is 0.172. The van der Waals surface area contributed by atoms with Gasteiger partial charge in [-0.1, -0.05) is 24.3 Å². The van der Waals surface area contributed by atoms with Crippen LogP contribution in [0.4, 0.5) is 0 Å². The summed E-state index contributed by atoms with van der Waals surface area (Å²) >= 11 is 0. The van der Waals surface area contributed by atoms with Gasteiger partial charge in [0.2, 0.25) is 0 Å². The van der Waals surface area contributed by atoms with E-state index < -0.39 is 11.9 Å². The van der Waals surface area contributed by atoms with Crippen LogP contribution in [0.5, 0.6) is 0 Å².